The summed E-state index contributed by atoms with van der Waals surface area (Å²) in [5.41, 5.74) is 0. The molecule has 3 amide bonds. The summed E-state index contributed by atoms with van der Waals surface area (Å²) >= 11 is 13.4. The fourth-order valence-electron chi connectivity index (χ4n) is 10.5. The number of urea groups is 1. The van der Waals surface area contributed by atoms with Crippen molar-refractivity contribution < 1.29 is 18.0 Å². The van der Waals surface area contributed by atoms with Gasteiger partial charge in [-0.25, -0.2) is 13.2 Å². The van der Waals surface area contributed by atoms with Gasteiger partial charge in [0.05, 0.1) is 17.3 Å². The summed E-state index contributed by atoms with van der Waals surface area (Å²) in [6.07, 6.45) is 15.0. The predicted octanol–water partition coefficient (Wildman–Crippen LogP) is 5.98. The van der Waals surface area contributed by atoms with Crippen molar-refractivity contribution >= 4 is 51.0 Å². The molecule has 7 unspecified atom stereocenters. The lowest BCUT2D eigenvalue weighted by Crippen LogP contribution is -2.60. The lowest BCUT2D eigenvalue weighted by atomic mass is 9.74. The molecule has 0 bridgehead atoms. The van der Waals surface area contributed by atoms with Crippen LogP contribution >= 0.6 is 23.2 Å². The van der Waals surface area contributed by atoms with Crippen molar-refractivity contribution in [2.45, 2.75) is 144 Å². The number of carbonyl (C=O) groups is 2. The fourth-order valence-corrected chi connectivity index (χ4v) is 13.4. The molecule has 2 saturated heterocycles. The van der Waals surface area contributed by atoms with E-state index in [1.54, 1.807) is 4.90 Å². The van der Waals surface area contributed by atoms with E-state index < -0.39 is 10.0 Å². The van der Waals surface area contributed by atoms with Gasteiger partial charge in [-0.15, -0.1) is 23.2 Å². The first-order valence-electron chi connectivity index (χ1n) is 18.8. The monoisotopic (exact) mass is 711 g/mol. The van der Waals surface area contributed by atoms with Gasteiger partial charge in [-0.3, -0.25) is 14.7 Å². The minimum Gasteiger partial charge on any atom is -0.353 e. The molecule has 1 N–H and O–H groups in total. The summed E-state index contributed by atoms with van der Waals surface area (Å²) in [5, 5.41) is 2.82. The van der Waals surface area contributed by atoms with Gasteiger partial charge in [0.15, 0.2) is 0 Å². The number of piperazine rings is 1. The molecule has 0 radical (unpaired) electrons. The highest BCUT2D eigenvalue weighted by Gasteiger charge is 2.57. The Hall–Kier alpha value is -1.10. The number of nitrogens with one attached hydrogen (secondary N) is 1. The van der Waals surface area contributed by atoms with Crippen LogP contribution in [0.3, 0.4) is 0 Å². The summed E-state index contributed by atoms with van der Waals surface area (Å²) in [6.45, 7) is 3.58. The van der Waals surface area contributed by atoms with Gasteiger partial charge in [-0.2, -0.15) is 4.31 Å². The lowest BCUT2D eigenvalue weighted by molar-refractivity contribution is -0.123. The first-order chi connectivity index (χ1) is 22.6. The Labute approximate surface area is 292 Å². The third-order valence-electron chi connectivity index (χ3n) is 13.1. The second kappa shape index (κ2) is 14.3. The molecule has 4 saturated carbocycles. The van der Waals surface area contributed by atoms with Crippen molar-refractivity contribution in [3.8, 4) is 0 Å². The second-order valence-corrected chi connectivity index (χ2v) is 19.4. The maximum absolute atomic E-state index is 14.8. The number of amides is 3. The van der Waals surface area contributed by atoms with Crippen molar-refractivity contribution in [3.05, 3.63) is 0 Å². The number of rotatable bonds is 5. The van der Waals surface area contributed by atoms with E-state index in [0.29, 0.717) is 25.6 Å². The van der Waals surface area contributed by atoms with E-state index in [0.717, 1.165) is 109 Å². The Bertz CT molecular complexity index is 1300. The lowest BCUT2D eigenvalue weighted by Gasteiger charge is -2.43. The van der Waals surface area contributed by atoms with Crippen LogP contribution in [-0.2, 0) is 14.8 Å². The molecule has 6 fully saturated rings. The average Bonchev–Trinajstić information content (AvgIpc) is 3.65. The number of aliphatic imine (C=N–C) groups is 1. The minimum absolute atomic E-state index is 0.0374. The Morgan fingerprint density at radius 3 is 2.34 bits per heavy atom. The summed E-state index contributed by atoms with van der Waals surface area (Å²) < 4.78 is 30.7. The predicted molar refractivity (Wildman–Crippen MR) is 186 cm³/mol. The van der Waals surface area contributed by atoms with Gasteiger partial charge in [0.2, 0.25) is 15.9 Å². The summed E-state index contributed by atoms with van der Waals surface area (Å²) in [7, 11) is -3.49. The zero-order valence-electron chi connectivity index (χ0n) is 28.1. The fraction of sp³-hybridized carbons (Fsp3) is 0.914. The van der Waals surface area contributed by atoms with Crippen LogP contribution in [0.2, 0.25) is 0 Å². The highest BCUT2D eigenvalue weighted by Crippen LogP contribution is 2.49. The molecule has 4 aliphatic carbocycles. The molecule has 0 aromatic carbocycles. The number of carbonyl (C=O) groups excluding carboxylic acids is 2. The first-order valence-corrected chi connectivity index (χ1v) is 21.2. The molecule has 7 rings (SSSR count). The number of fused-ring (bicyclic) bond motifs is 1. The Morgan fingerprint density at radius 2 is 1.62 bits per heavy atom. The molecule has 47 heavy (non-hydrogen) atoms. The first kappa shape index (κ1) is 34.4. The van der Waals surface area contributed by atoms with E-state index in [9.17, 15) is 18.0 Å². The number of hydrogen-bond acceptors (Lipinski definition) is 5. The van der Waals surface area contributed by atoms with Crippen LogP contribution in [-0.4, -0.2) is 101 Å². The normalized spacial score (nSPS) is 42.1. The zero-order valence-corrected chi connectivity index (χ0v) is 30.4. The third-order valence-corrected chi connectivity index (χ3v) is 16.3. The molecule has 9 nitrogen and oxygen atoms in total. The van der Waals surface area contributed by atoms with E-state index >= 15 is 0 Å². The molecule has 3 aliphatic heterocycles. The maximum atomic E-state index is 14.8. The SMILES string of the molecule is CC1CCC(S(=O)(=O)N2CC(C3=NC(C4CCCC(Cl)C4)C(C4CCC(Cl)CC4)N3C(=O)N3CCNC(=O)C3)C3CCCCC32)CC1. The zero-order chi connectivity index (χ0) is 32.9. The topological polar surface area (TPSA) is 102 Å². The number of alkyl halides is 2. The number of hydrogen-bond donors (Lipinski definition) is 1. The van der Waals surface area contributed by atoms with Crippen molar-refractivity contribution in [1.82, 2.24) is 19.4 Å². The standard InChI is InChI=1S/C35H55Cl2N5O4S/c1-22-9-15-27(16-10-22)47(45,46)41-20-29(28-7-2-3-8-30(28)41)34-39-32(24-5-4-6-26(37)19-24)33(23-11-13-25(36)14-12-23)42(34)35(44)40-18-17-38-31(43)21-40/h22-30,32-33H,2-21H2,1H3,(H,38,43). The van der Waals surface area contributed by atoms with Crippen molar-refractivity contribution in [3.63, 3.8) is 0 Å². The molecule has 3 heterocycles. The van der Waals surface area contributed by atoms with Crippen molar-refractivity contribution in [2.24, 2.45) is 34.6 Å². The van der Waals surface area contributed by atoms with Crippen LogP contribution in [0.5, 0.6) is 0 Å². The Balaban J connectivity index is 1.27. The molecular weight excluding hydrogens is 657 g/mol. The van der Waals surface area contributed by atoms with Crippen LogP contribution in [0.25, 0.3) is 0 Å². The van der Waals surface area contributed by atoms with E-state index in [2.05, 4.69) is 12.2 Å². The van der Waals surface area contributed by atoms with Crippen LogP contribution in [0.4, 0.5) is 4.79 Å². The number of sulfonamides is 1. The maximum Gasteiger partial charge on any atom is 0.326 e. The van der Waals surface area contributed by atoms with Crippen molar-refractivity contribution in [1.29, 1.82) is 0 Å². The van der Waals surface area contributed by atoms with Crippen LogP contribution in [0, 0.1) is 29.6 Å². The van der Waals surface area contributed by atoms with E-state index in [1.165, 1.54) is 0 Å². The molecule has 7 aliphatic rings. The van der Waals surface area contributed by atoms with Gasteiger partial charge >= 0.3 is 6.03 Å². The quantitative estimate of drug-likeness (QED) is 0.355. The highest BCUT2D eigenvalue weighted by molar-refractivity contribution is 7.89. The van der Waals surface area contributed by atoms with Crippen LogP contribution < -0.4 is 5.32 Å². The Kier molecular flexibility index (Phi) is 10.4. The summed E-state index contributed by atoms with van der Waals surface area (Å²) in [6, 6.07) is -0.360. The largest absolute Gasteiger partial charge is 0.353 e. The van der Waals surface area contributed by atoms with Gasteiger partial charge < -0.3 is 10.2 Å². The Morgan fingerprint density at radius 1 is 0.872 bits per heavy atom. The second-order valence-electron chi connectivity index (χ2n) is 16.0. The van der Waals surface area contributed by atoms with E-state index in [4.69, 9.17) is 28.2 Å². The number of halogens is 2. The van der Waals surface area contributed by atoms with Crippen molar-refractivity contribution in [2.75, 3.05) is 26.2 Å². The van der Waals surface area contributed by atoms with Gasteiger partial charge in [0.1, 0.15) is 12.4 Å². The number of nitrogens with zero attached hydrogens (tertiary/aromatic N) is 4. The van der Waals surface area contributed by atoms with Crippen LogP contribution in [0.15, 0.2) is 4.99 Å². The molecule has 264 valence electrons. The molecule has 0 aromatic heterocycles. The summed E-state index contributed by atoms with van der Waals surface area (Å²) in [5.74, 6) is 1.78. The van der Waals surface area contributed by atoms with Gasteiger partial charge in [-0.1, -0.05) is 26.2 Å². The van der Waals surface area contributed by atoms with Crippen LogP contribution in [0.1, 0.15) is 110 Å². The number of amidine groups is 1. The van der Waals surface area contributed by atoms with Gasteiger partial charge in [-0.05, 0) is 107 Å². The third kappa shape index (κ3) is 6.84. The summed E-state index contributed by atoms with van der Waals surface area (Å²) in [4.78, 5) is 36.8. The highest BCUT2D eigenvalue weighted by atomic mass is 35.5. The van der Waals surface area contributed by atoms with Gasteiger partial charge in [0.25, 0.3) is 0 Å². The molecule has 7 atom stereocenters. The molecular formula is C35H55Cl2N5O4S. The smallest absolute Gasteiger partial charge is 0.326 e. The molecule has 0 spiro atoms. The molecule has 12 heteroatoms. The average molecular weight is 713 g/mol. The van der Waals surface area contributed by atoms with Gasteiger partial charge in [0, 0.05) is 42.3 Å². The minimum atomic E-state index is -3.49. The molecule has 0 aromatic rings. The van der Waals surface area contributed by atoms with E-state index in [-0.39, 0.29) is 76.3 Å². The van der Waals surface area contributed by atoms with E-state index in [1.807, 2.05) is 9.21 Å².